The fourth-order valence-electron chi connectivity index (χ4n) is 2.96. The maximum absolute atomic E-state index is 12.2. The molecule has 1 heterocycles. The third-order valence-electron chi connectivity index (χ3n) is 4.34. The van der Waals surface area contributed by atoms with Crippen molar-refractivity contribution in [2.75, 3.05) is 5.75 Å². The van der Waals surface area contributed by atoms with Crippen LogP contribution >= 0.6 is 11.8 Å². The first-order chi connectivity index (χ1) is 14.3. The van der Waals surface area contributed by atoms with E-state index in [0.717, 1.165) is 21.8 Å². The molecule has 0 radical (unpaired) electrons. The number of carbonyl (C=O) groups is 1. The van der Waals surface area contributed by atoms with E-state index >= 15 is 0 Å². The van der Waals surface area contributed by atoms with E-state index in [1.807, 2.05) is 66.7 Å². The highest BCUT2D eigenvalue weighted by atomic mass is 32.2. The fraction of sp³-hybridized carbons (Fsp3) is 0.0870. The number of amides is 1. The van der Waals surface area contributed by atoms with Gasteiger partial charge in [0.05, 0.1) is 29.5 Å². The number of hydrazone groups is 1. The van der Waals surface area contributed by atoms with Crippen molar-refractivity contribution < 1.29 is 4.79 Å². The summed E-state index contributed by atoms with van der Waals surface area (Å²) in [5.41, 5.74) is 6.68. The van der Waals surface area contributed by atoms with Crippen LogP contribution in [0.1, 0.15) is 11.1 Å². The van der Waals surface area contributed by atoms with Gasteiger partial charge in [0.2, 0.25) is 0 Å². The van der Waals surface area contributed by atoms with E-state index in [1.165, 1.54) is 17.3 Å². The van der Waals surface area contributed by atoms with E-state index in [1.54, 1.807) is 6.21 Å². The van der Waals surface area contributed by atoms with E-state index < -0.39 is 0 Å². The minimum absolute atomic E-state index is 0.166. The normalized spacial score (nSPS) is 11.2. The van der Waals surface area contributed by atoms with Gasteiger partial charge in [-0.3, -0.25) is 4.79 Å². The monoisotopic (exact) mass is 400 g/mol. The van der Waals surface area contributed by atoms with Gasteiger partial charge in [0.25, 0.3) is 5.91 Å². The summed E-state index contributed by atoms with van der Waals surface area (Å²) in [4.78, 5) is 16.9. The number of hydrogen-bond acceptors (Lipinski definition) is 4. The average Bonchev–Trinajstić information content (AvgIpc) is 3.11. The molecule has 144 valence electrons. The van der Waals surface area contributed by atoms with Crippen molar-refractivity contribution in [1.82, 2.24) is 15.0 Å². The van der Waals surface area contributed by atoms with Crippen LogP contribution in [0.3, 0.4) is 0 Å². The Labute approximate surface area is 173 Å². The molecule has 0 aliphatic heterocycles. The Bertz CT molecular complexity index is 1120. The lowest BCUT2D eigenvalue weighted by Gasteiger charge is -2.09. The number of nitrogens with one attached hydrogen (secondary N) is 1. The molecule has 1 N–H and O–H groups in total. The zero-order valence-corrected chi connectivity index (χ0v) is 16.5. The van der Waals surface area contributed by atoms with Crippen LogP contribution in [0.2, 0.25) is 0 Å². The van der Waals surface area contributed by atoms with Gasteiger partial charge in [0.1, 0.15) is 0 Å². The lowest BCUT2D eigenvalue weighted by Crippen LogP contribution is -2.20. The highest BCUT2D eigenvalue weighted by Gasteiger charge is 2.13. The van der Waals surface area contributed by atoms with Gasteiger partial charge in [-0.05, 0) is 23.3 Å². The molecule has 5 nitrogen and oxygen atoms in total. The maximum atomic E-state index is 12.2. The van der Waals surface area contributed by atoms with Crippen molar-refractivity contribution in [2.24, 2.45) is 5.10 Å². The lowest BCUT2D eigenvalue weighted by atomic mass is 10.2. The second kappa shape index (κ2) is 9.21. The molecule has 0 aliphatic rings. The number of rotatable bonds is 7. The second-order valence-electron chi connectivity index (χ2n) is 6.45. The number of fused-ring (bicyclic) bond motifs is 1. The van der Waals surface area contributed by atoms with Crippen LogP contribution in [-0.2, 0) is 11.3 Å². The highest BCUT2D eigenvalue weighted by Crippen LogP contribution is 2.25. The second-order valence-corrected chi connectivity index (χ2v) is 7.39. The van der Waals surface area contributed by atoms with Crippen molar-refractivity contribution in [3.05, 3.63) is 96.1 Å². The number of benzene rings is 3. The SMILES string of the molecule is O=C(CSc1nc2ccccc2n1Cc1ccccc1)NN=Cc1ccccc1. The van der Waals surface area contributed by atoms with Crippen LogP contribution in [-0.4, -0.2) is 27.4 Å². The summed E-state index contributed by atoms with van der Waals surface area (Å²) in [6.07, 6.45) is 1.63. The molecule has 1 amide bonds. The maximum Gasteiger partial charge on any atom is 0.250 e. The van der Waals surface area contributed by atoms with Crippen LogP contribution in [0.4, 0.5) is 0 Å². The van der Waals surface area contributed by atoms with Crippen molar-refractivity contribution >= 4 is 34.9 Å². The first kappa shape index (κ1) is 19.0. The number of imidazole rings is 1. The van der Waals surface area contributed by atoms with Crippen LogP contribution in [0, 0.1) is 0 Å². The Morgan fingerprint density at radius 3 is 2.45 bits per heavy atom. The van der Waals surface area contributed by atoms with Crippen LogP contribution in [0.25, 0.3) is 11.0 Å². The number of thioether (sulfide) groups is 1. The number of carbonyl (C=O) groups excluding carboxylic acids is 1. The lowest BCUT2D eigenvalue weighted by molar-refractivity contribution is -0.118. The molecular weight excluding hydrogens is 380 g/mol. The van der Waals surface area contributed by atoms with Crippen molar-refractivity contribution in [3.8, 4) is 0 Å². The molecule has 0 saturated carbocycles. The summed E-state index contributed by atoms with van der Waals surface area (Å²) in [7, 11) is 0. The number of aromatic nitrogens is 2. The molecule has 29 heavy (non-hydrogen) atoms. The van der Waals surface area contributed by atoms with Crippen LogP contribution in [0.15, 0.2) is 95.2 Å². The average molecular weight is 401 g/mol. The van der Waals surface area contributed by atoms with E-state index in [0.29, 0.717) is 6.54 Å². The van der Waals surface area contributed by atoms with E-state index in [4.69, 9.17) is 4.98 Å². The number of nitrogens with zero attached hydrogens (tertiary/aromatic N) is 3. The summed E-state index contributed by atoms with van der Waals surface area (Å²) < 4.78 is 2.15. The summed E-state index contributed by atoms with van der Waals surface area (Å²) in [5.74, 6) is 0.0741. The quantitative estimate of drug-likeness (QED) is 0.285. The third kappa shape index (κ3) is 4.92. The predicted octanol–water partition coefficient (Wildman–Crippen LogP) is 4.33. The van der Waals surface area contributed by atoms with E-state index in [2.05, 4.69) is 33.3 Å². The predicted molar refractivity (Wildman–Crippen MR) is 118 cm³/mol. The van der Waals surface area contributed by atoms with Crippen molar-refractivity contribution in [1.29, 1.82) is 0 Å². The van der Waals surface area contributed by atoms with E-state index in [-0.39, 0.29) is 11.7 Å². The molecular formula is C23H20N4OS. The third-order valence-corrected chi connectivity index (χ3v) is 5.31. The molecule has 6 heteroatoms. The zero-order chi connectivity index (χ0) is 19.9. The molecule has 4 rings (SSSR count). The molecule has 1 aromatic heterocycles. The van der Waals surface area contributed by atoms with Gasteiger partial charge in [-0.25, -0.2) is 10.4 Å². The van der Waals surface area contributed by atoms with Gasteiger partial charge in [-0.15, -0.1) is 0 Å². The molecule has 4 aromatic rings. The first-order valence-electron chi connectivity index (χ1n) is 9.28. The Balaban J connectivity index is 1.45. The Morgan fingerprint density at radius 2 is 1.66 bits per heavy atom. The zero-order valence-electron chi connectivity index (χ0n) is 15.7. The standard InChI is InChI=1S/C23H20N4OS/c28-22(26-24-15-18-9-3-1-4-10-18)17-29-23-25-20-13-7-8-14-21(20)27(23)16-19-11-5-2-6-12-19/h1-15H,16-17H2,(H,26,28). The van der Waals surface area contributed by atoms with Gasteiger partial charge < -0.3 is 4.57 Å². The summed E-state index contributed by atoms with van der Waals surface area (Å²) >= 11 is 1.41. The van der Waals surface area contributed by atoms with Crippen molar-refractivity contribution in [2.45, 2.75) is 11.7 Å². The number of hydrogen-bond donors (Lipinski definition) is 1. The Kier molecular flexibility index (Phi) is 6.02. The van der Waals surface area contributed by atoms with Gasteiger partial charge in [0, 0.05) is 0 Å². The molecule has 3 aromatic carbocycles. The summed E-state index contributed by atoms with van der Waals surface area (Å²) in [6.45, 7) is 0.706. The summed E-state index contributed by atoms with van der Waals surface area (Å²) in [6, 6.07) is 27.9. The minimum Gasteiger partial charge on any atom is -0.314 e. The Morgan fingerprint density at radius 1 is 0.966 bits per heavy atom. The van der Waals surface area contributed by atoms with Crippen LogP contribution in [0.5, 0.6) is 0 Å². The smallest absolute Gasteiger partial charge is 0.250 e. The largest absolute Gasteiger partial charge is 0.314 e. The fourth-order valence-corrected chi connectivity index (χ4v) is 3.77. The van der Waals surface area contributed by atoms with Gasteiger partial charge in [0.15, 0.2) is 5.16 Å². The molecule has 0 bridgehead atoms. The van der Waals surface area contributed by atoms with Gasteiger partial charge in [-0.1, -0.05) is 84.6 Å². The molecule has 0 unspecified atom stereocenters. The first-order valence-corrected chi connectivity index (χ1v) is 10.3. The molecule has 0 saturated heterocycles. The minimum atomic E-state index is -0.166. The molecule has 0 atom stereocenters. The molecule has 0 aliphatic carbocycles. The highest BCUT2D eigenvalue weighted by molar-refractivity contribution is 7.99. The number of para-hydroxylation sites is 2. The molecule has 0 spiro atoms. The van der Waals surface area contributed by atoms with Gasteiger partial charge >= 0.3 is 0 Å². The molecule has 0 fully saturated rings. The van der Waals surface area contributed by atoms with Crippen molar-refractivity contribution in [3.63, 3.8) is 0 Å². The Hall–Kier alpha value is -3.38. The van der Waals surface area contributed by atoms with Crippen LogP contribution < -0.4 is 5.43 Å². The topological polar surface area (TPSA) is 59.3 Å². The summed E-state index contributed by atoms with van der Waals surface area (Å²) in [5, 5.41) is 4.84. The van der Waals surface area contributed by atoms with E-state index in [9.17, 15) is 4.79 Å². The van der Waals surface area contributed by atoms with Gasteiger partial charge in [-0.2, -0.15) is 5.10 Å².